The van der Waals surface area contributed by atoms with Gasteiger partial charge in [-0.05, 0) is 25.2 Å². The Morgan fingerprint density at radius 3 is 2.65 bits per heavy atom. The number of carbonyl (C=O) groups excluding carboxylic acids is 2. The molecule has 4 nitrogen and oxygen atoms in total. The lowest BCUT2D eigenvalue weighted by Crippen LogP contribution is -2.40. The van der Waals surface area contributed by atoms with Gasteiger partial charge in [-0.15, -0.1) is 0 Å². The molecule has 1 aliphatic heterocycles. The predicted octanol–water partition coefficient (Wildman–Crippen LogP) is 2.33. The Kier molecular flexibility index (Phi) is 5.44. The SMILES string of the molecule is CC(C)CCN1CC(C(=O)NC2CCCCC2)CC1=O. The lowest BCUT2D eigenvalue weighted by Gasteiger charge is -2.24. The van der Waals surface area contributed by atoms with Crippen molar-refractivity contribution in [1.82, 2.24) is 10.2 Å². The number of hydrogen-bond donors (Lipinski definition) is 1. The summed E-state index contributed by atoms with van der Waals surface area (Å²) in [5, 5.41) is 3.15. The van der Waals surface area contributed by atoms with E-state index in [1.165, 1.54) is 19.3 Å². The summed E-state index contributed by atoms with van der Waals surface area (Å²) >= 11 is 0. The molecule has 1 aliphatic carbocycles. The minimum absolute atomic E-state index is 0.0947. The van der Waals surface area contributed by atoms with E-state index in [0.29, 0.717) is 24.9 Å². The molecule has 0 bridgehead atoms. The van der Waals surface area contributed by atoms with Gasteiger partial charge in [-0.1, -0.05) is 33.1 Å². The molecular formula is C16H28N2O2. The fraction of sp³-hybridized carbons (Fsp3) is 0.875. The van der Waals surface area contributed by atoms with Gasteiger partial charge in [0.2, 0.25) is 11.8 Å². The zero-order valence-corrected chi connectivity index (χ0v) is 12.9. The average molecular weight is 280 g/mol. The number of amides is 2. The summed E-state index contributed by atoms with van der Waals surface area (Å²) in [5.41, 5.74) is 0. The first-order valence-electron chi connectivity index (χ1n) is 8.14. The molecule has 0 aromatic heterocycles. The topological polar surface area (TPSA) is 49.4 Å². The van der Waals surface area contributed by atoms with E-state index in [2.05, 4.69) is 19.2 Å². The van der Waals surface area contributed by atoms with Crippen LogP contribution in [0.3, 0.4) is 0 Å². The number of nitrogens with one attached hydrogen (secondary N) is 1. The average Bonchev–Trinajstić information content (AvgIpc) is 2.79. The highest BCUT2D eigenvalue weighted by Crippen LogP contribution is 2.22. The maximum atomic E-state index is 12.3. The summed E-state index contributed by atoms with van der Waals surface area (Å²) < 4.78 is 0. The van der Waals surface area contributed by atoms with Crippen LogP contribution in [-0.4, -0.2) is 35.8 Å². The van der Waals surface area contributed by atoms with E-state index in [1.54, 1.807) is 0 Å². The van der Waals surface area contributed by atoms with Crippen molar-refractivity contribution in [2.45, 2.75) is 64.8 Å². The molecule has 1 heterocycles. The van der Waals surface area contributed by atoms with Crippen LogP contribution in [0.5, 0.6) is 0 Å². The van der Waals surface area contributed by atoms with Gasteiger partial charge in [0, 0.05) is 25.6 Å². The Labute approximate surface area is 122 Å². The van der Waals surface area contributed by atoms with Crippen molar-refractivity contribution in [3.8, 4) is 0 Å². The first-order chi connectivity index (χ1) is 9.56. The molecule has 2 rings (SSSR count). The maximum Gasteiger partial charge on any atom is 0.225 e. The zero-order chi connectivity index (χ0) is 14.5. The predicted molar refractivity (Wildman–Crippen MR) is 79.2 cm³/mol. The fourth-order valence-corrected chi connectivity index (χ4v) is 3.14. The second-order valence-electron chi connectivity index (χ2n) is 6.77. The lowest BCUT2D eigenvalue weighted by molar-refractivity contribution is -0.129. The molecule has 1 N–H and O–H groups in total. The van der Waals surface area contributed by atoms with Crippen LogP contribution in [0.25, 0.3) is 0 Å². The van der Waals surface area contributed by atoms with Crippen LogP contribution in [0.1, 0.15) is 58.8 Å². The number of carbonyl (C=O) groups is 2. The van der Waals surface area contributed by atoms with Gasteiger partial charge < -0.3 is 10.2 Å². The Hall–Kier alpha value is -1.06. The second kappa shape index (κ2) is 7.09. The normalized spacial score (nSPS) is 24.4. The highest BCUT2D eigenvalue weighted by molar-refractivity contribution is 5.89. The van der Waals surface area contributed by atoms with Crippen LogP contribution in [0.2, 0.25) is 0 Å². The standard InChI is InChI=1S/C16H28N2O2/c1-12(2)8-9-18-11-13(10-15(18)19)16(20)17-14-6-4-3-5-7-14/h12-14H,3-11H2,1-2H3,(H,17,20). The van der Waals surface area contributed by atoms with Crippen molar-refractivity contribution in [2.75, 3.05) is 13.1 Å². The minimum atomic E-state index is -0.128. The van der Waals surface area contributed by atoms with Gasteiger partial charge >= 0.3 is 0 Å². The van der Waals surface area contributed by atoms with E-state index in [-0.39, 0.29) is 17.7 Å². The van der Waals surface area contributed by atoms with E-state index in [1.807, 2.05) is 4.90 Å². The fourth-order valence-electron chi connectivity index (χ4n) is 3.14. The molecule has 2 amide bonds. The van der Waals surface area contributed by atoms with Crippen LogP contribution in [0, 0.1) is 11.8 Å². The summed E-state index contributed by atoms with van der Waals surface area (Å²) in [6.45, 7) is 5.73. The van der Waals surface area contributed by atoms with E-state index >= 15 is 0 Å². The van der Waals surface area contributed by atoms with E-state index < -0.39 is 0 Å². The van der Waals surface area contributed by atoms with Crippen molar-refractivity contribution < 1.29 is 9.59 Å². The third kappa shape index (κ3) is 4.22. The molecule has 4 heteroatoms. The Balaban J connectivity index is 1.78. The quantitative estimate of drug-likeness (QED) is 0.840. The molecular weight excluding hydrogens is 252 g/mol. The largest absolute Gasteiger partial charge is 0.353 e. The molecule has 114 valence electrons. The number of rotatable bonds is 5. The maximum absolute atomic E-state index is 12.3. The van der Waals surface area contributed by atoms with Crippen LogP contribution in [-0.2, 0) is 9.59 Å². The highest BCUT2D eigenvalue weighted by Gasteiger charge is 2.34. The Bertz CT molecular complexity index is 348. The van der Waals surface area contributed by atoms with Crippen molar-refractivity contribution in [3.63, 3.8) is 0 Å². The zero-order valence-electron chi connectivity index (χ0n) is 12.9. The molecule has 2 fully saturated rings. The van der Waals surface area contributed by atoms with Crippen molar-refractivity contribution in [3.05, 3.63) is 0 Å². The number of likely N-dealkylation sites (tertiary alicyclic amines) is 1. The van der Waals surface area contributed by atoms with E-state index in [4.69, 9.17) is 0 Å². The molecule has 0 radical (unpaired) electrons. The second-order valence-corrected chi connectivity index (χ2v) is 6.77. The lowest BCUT2D eigenvalue weighted by atomic mass is 9.95. The molecule has 0 spiro atoms. The minimum Gasteiger partial charge on any atom is -0.353 e. The Morgan fingerprint density at radius 2 is 2.00 bits per heavy atom. The van der Waals surface area contributed by atoms with E-state index in [9.17, 15) is 9.59 Å². The van der Waals surface area contributed by atoms with Gasteiger partial charge in [-0.3, -0.25) is 9.59 Å². The number of hydrogen-bond acceptors (Lipinski definition) is 2. The molecule has 1 atom stereocenters. The molecule has 1 unspecified atom stereocenters. The third-order valence-electron chi connectivity index (χ3n) is 4.51. The van der Waals surface area contributed by atoms with Crippen molar-refractivity contribution >= 4 is 11.8 Å². The van der Waals surface area contributed by atoms with Gasteiger partial charge in [0.25, 0.3) is 0 Å². The van der Waals surface area contributed by atoms with Crippen molar-refractivity contribution in [1.29, 1.82) is 0 Å². The first kappa shape index (κ1) is 15.3. The van der Waals surface area contributed by atoms with Crippen molar-refractivity contribution in [2.24, 2.45) is 11.8 Å². The smallest absolute Gasteiger partial charge is 0.225 e. The summed E-state index contributed by atoms with van der Waals surface area (Å²) in [4.78, 5) is 26.1. The third-order valence-corrected chi connectivity index (χ3v) is 4.51. The highest BCUT2D eigenvalue weighted by atomic mass is 16.2. The first-order valence-corrected chi connectivity index (χ1v) is 8.14. The molecule has 0 aromatic rings. The molecule has 1 saturated heterocycles. The molecule has 2 aliphatic rings. The van der Waals surface area contributed by atoms with Crippen LogP contribution >= 0.6 is 0 Å². The Morgan fingerprint density at radius 1 is 1.30 bits per heavy atom. The van der Waals surface area contributed by atoms with Crippen LogP contribution < -0.4 is 5.32 Å². The summed E-state index contributed by atoms with van der Waals surface area (Å²) in [6.07, 6.45) is 7.34. The van der Waals surface area contributed by atoms with E-state index in [0.717, 1.165) is 25.8 Å². The monoisotopic (exact) mass is 280 g/mol. The summed E-state index contributed by atoms with van der Waals surface area (Å²) in [7, 11) is 0. The van der Waals surface area contributed by atoms with Gasteiger partial charge in [0.15, 0.2) is 0 Å². The molecule has 20 heavy (non-hydrogen) atoms. The summed E-state index contributed by atoms with van der Waals surface area (Å²) in [5.74, 6) is 0.709. The summed E-state index contributed by atoms with van der Waals surface area (Å²) in [6, 6.07) is 0.344. The molecule has 0 aromatic carbocycles. The van der Waals surface area contributed by atoms with Crippen LogP contribution in [0.4, 0.5) is 0 Å². The van der Waals surface area contributed by atoms with Crippen LogP contribution in [0.15, 0.2) is 0 Å². The van der Waals surface area contributed by atoms with Gasteiger partial charge in [0.1, 0.15) is 0 Å². The van der Waals surface area contributed by atoms with Gasteiger partial charge in [-0.2, -0.15) is 0 Å². The number of nitrogens with zero attached hydrogens (tertiary/aromatic N) is 1. The molecule has 1 saturated carbocycles. The van der Waals surface area contributed by atoms with Gasteiger partial charge in [0.05, 0.1) is 5.92 Å². The van der Waals surface area contributed by atoms with Gasteiger partial charge in [-0.25, -0.2) is 0 Å².